The molecular weight excluding hydrogens is 204 g/mol. The van der Waals surface area contributed by atoms with E-state index in [1.807, 2.05) is 18.0 Å². The zero-order valence-electron chi connectivity index (χ0n) is 9.90. The van der Waals surface area contributed by atoms with Gasteiger partial charge in [-0.15, -0.1) is 0 Å². The second kappa shape index (κ2) is 5.31. The van der Waals surface area contributed by atoms with Crippen LogP contribution in [0.3, 0.4) is 0 Å². The van der Waals surface area contributed by atoms with Crippen LogP contribution in [0.4, 0.5) is 0 Å². The van der Waals surface area contributed by atoms with Crippen molar-refractivity contribution >= 4 is 11.7 Å². The number of nitrogens with zero attached hydrogens (tertiary/aromatic N) is 4. The lowest BCUT2D eigenvalue weighted by atomic mass is 10.3. The number of amides is 1. The first-order chi connectivity index (χ1) is 7.54. The monoisotopic (exact) mass is 220 g/mol. The van der Waals surface area contributed by atoms with Crippen molar-refractivity contribution in [3.8, 4) is 6.07 Å². The third-order valence-electron chi connectivity index (χ3n) is 2.30. The van der Waals surface area contributed by atoms with E-state index in [1.165, 1.54) is 6.20 Å². The molecule has 0 bridgehead atoms. The maximum Gasteiger partial charge on any atom is 0.290 e. The van der Waals surface area contributed by atoms with Crippen LogP contribution >= 0.6 is 0 Å². The van der Waals surface area contributed by atoms with Crippen molar-refractivity contribution in [2.75, 3.05) is 27.7 Å². The predicted octanol–water partition coefficient (Wildman–Crippen LogP) is 0.606. The smallest absolute Gasteiger partial charge is 0.290 e. The first kappa shape index (κ1) is 12.2. The van der Waals surface area contributed by atoms with Gasteiger partial charge in [-0.05, 0) is 6.42 Å². The Labute approximate surface area is 95.7 Å². The molecule has 0 saturated carbocycles. The highest BCUT2D eigenvalue weighted by Crippen LogP contribution is 2.10. The molecule has 0 aromatic carbocycles. The van der Waals surface area contributed by atoms with E-state index in [0.29, 0.717) is 0 Å². The standard InChI is InChI=1S/C11H16N4O/c1-14(2)8-9(7-12)11(16)13-10-5-4-6-15(10)3/h8H,4-6H2,1-3H3/b9-8-,13-10?. The number of carbonyl (C=O) groups is 1. The number of likely N-dealkylation sites (tertiary alicyclic amines) is 1. The summed E-state index contributed by atoms with van der Waals surface area (Å²) in [7, 11) is 5.43. The fraction of sp³-hybridized carbons (Fsp3) is 0.545. The van der Waals surface area contributed by atoms with Crippen LogP contribution in [0.15, 0.2) is 16.8 Å². The molecule has 16 heavy (non-hydrogen) atoms. The molecule has 0 N–H and O–H groups in total. The summed E-state index contributed by atoms with van der Waals surface area (Å²) in [6.45, 7) is 0.922. The molecular formula is C11H16N4O. The largest absolute Gasteiger partial charge is 0.382 e. The highest BCUT2D eigenvalue weighted by atomic mass is 16.1. The number of rotatable bonds is 2. The van der Waals surface area contributed by atoms with Crippen LogP contribution in [-0.2, 0) is 4.79 Å². The Hall–Kier alpha value is -1.83. The molecule has 0 unspecified atom stereocenters. The van der Waals surface area contributed by atoms with Crippen molar-refractivity contribution in [3.63, 3.8) is 0 Å². The zero-order chi connectivity index (χ0) is 12.1. The van der Waals surface area contributed by atoms with E-state index >= 15 is 0 Å². The topological polar surface area (TPSA) is 59.7 Å². The molecule has 1 fully saturated rings. The number of hydrogen-bond acceptors (Lipinski definition) is 3. The number of carbonyl (C=O) groups excluding carboxylic acids is 1. The summed E-state index contributed by atoms with van der Waals surface area (Å²) < 4.78 is 0. The summed E-state index contributed by atoms with van der Waals surface area (Å²) >= 11 is 0. The third kappa shape index (κ3) is 3.09. The summed E-state index contributed by atoms with van der Waals surface area (Å²) in [5, 5.41) is 8.84. The number of nitriles is 1. The molecule has 0 atom stereocenters. The molecule has 1 aliphatic rings. The van der Waals surface area contributed by atoms with Crippen LogP contribution in [0.2, 0.25) is 0 Å². The van der Waals surface area contributed by atoms with Crippen LogP contribution in [0.25, 0.3) is 0 Å². The van der Waals surface area contributed by atoms with Crippen molar-refractivity contribution in [2.45, 2.75) is 12.8 Å². The van der Waals surface area contributed by atoms with Crippen molar-refractivity contribution in [3.05, 3.63) is 11.8 Å². The summed E-state index contributed by atoms with van der Waals surface area (Å²) in [6.07, 6.45) is 3.31. The van der Waals surface area contributed by atoms with Crippen molar-refractivity contribution in [2.24, 2.45) is 4.99 Å². The minimum Gasteiger partial charge on any atom is -0.382 e. The van der Waals surface area contributed by atoms with E-state index in [2.05, 4.69) is 4.99 Å². The lowest BCUT2D eigenvalue weighted by molar-refractivity contribution is -0.114. The van der Waals surface area contributed by atoms with Gasteiger partial charge in [-0.1, -0.05) is 0 Å². The van der Waals surface area contributed by atoms with Gasteiger partial charge in [-0.2, -0.15) is 10.3 Å². The molecule has 5 heteroatoms. The van der Waals surface area contributed by atoms with Gasteiger partial charge >= 0.3 is 0 Å². The Kier molecular flexibility index (Phi) is 4.06. The minimum atomic E-state index is -0.458. The number of hydrogen-bond donors (Lipinski definition) is 0. The molecule has 1 heterocycles. The zero-order valence-corrected chi connectivity index (χ0v) is 9.90. The highest BCUT2D eigenvalue weighted by molar-refractivity contribution is 6.05. The van der Waals surface area contributed by atoms with E-state index in [0.717, 1.165) is 25.2 Å². The minimum absolute atomic E-state index is 0.0674. The second-order valence-electron chi connectivity index (χ2n) is 3.98. The average Bonchev–Trinajstić information content (AvgIpc) is 2.60. The van der Waals surface area contributed by atoms with Crippen molar-refractivity contribution in [1.82, 2.24) is 9.80 Å². The normalized spacial score (nSPS) is 18.8. The molecule has 1 amide bonds. The van der Waals surface area contributed by atoms with Gasteiger partial charge < -0.3 is 9.80 Å². The van der Waals surface area contributed by atoms with E-state index in [4.69, 9.17) is 5.26 Å². The molecule has 0 aromatic rings. The second-order valence-corrected chi connectivity index (χ2v) is 3.98. The molecule has 0 radical (unpaired) electrons. The first-order valence-corrected chi connectivity index (χ1v) is 5.16. The number of aliphatic imine (C=N–C) groups is 1. The summed E-state index contributed by atoms with van der Waals surface area (Å²) in [5.41, 5.74) is 0.0674. The van der Waals surface area contributed by atoms with E-state index in [-0.39, 0.29) is 5.57 Å². The van der Waals surface area contributed by atoms with E-state index in [9.17, 15) is 4.79 Å². The molecule has 0 spiro atoms. The highest BCUT2D eigenvalue weighted by Gasteiger charge is 2.17. The molecule has 1 saturated heterocycles. The summed E-state index contributed by atoms with van der Waals surface area (Å²) in [4.78, 5) is 19.3. The van der Waals surface area contributed by atoms with Crippen LogP contribution in [0, 0.1) is 11.3 Å². The average molecular weight is 220 g/mol. The maximum absolute atomic E-state index is 11.7. The molecule has 0 aromatic heterocycles. The van der Waals surface area contributed by atoms with E-state index in [1.54, 1.807) is 19.0 Å². The van der Waals surface area contributed by atoms with Crippen molar-refractivity contribution < 1.29 is 4.79 Å². The predicted molar refractivity (Wildman–Crippen MR) is 61.7 cm³/mol. The molecule has 5 nitrogen and oxygen atoms in total. The van der Waals surface area contributed by atoms with E-state index < -0.39 is 5.91 Å². The van der Waals surface area contributed by atoms with Gasteiger partial charge in [0.25, 0.3) is 5.91 Å². The Bertz CT molecular complexity index is 376. The fourth-order valence-electron chi connectivity index (χ4n) is 1.50. The Balaban J connectivity index is 2.82. The van der Waals surface area contributed by atoms with Crippen molar-refractivity contribution in [1.29, 1.82) is 5.26 Å². The maximum atomic E-state index is 11.7. The van der Waals surface area contributed by atoms with Crippen LogP contribution in [0.5, 0.6) is 0 Å². The van der Waals surface area contributed by atoms with Crippen LogP contribution in [-0.4, -0.2) is 49.2 Å². The Morgan fingerprint density at radius 1 is 1.62 bits per heavy atom. The van der Waals surface area contributed by atoms with Gasteiger partial charge in [0.1, 0.15) is 17.5 Å². The SMILES string of the molecule is CN(C)/C=C(/C#N)C(=O)N=C1CCCN1C. The van der Waals surface area contributed by atoms with Gasteiger partial charge in [-0.25, -0.2) is 0 Å². The summed E-state index contributed by atoms with van der Waals surface area (Å²) in [6, 6.07) is 1.87. The third-order valence-corrected chi connectivity index (χ3v) is 2.30. The lowest BCUT2D eigenvalue weighted by Crippen LogP contribution is -2.20. The summed E-state index contributed by atoms with van der Waals surface area (Å²) in [5.74, 6) is 0.310. The fourth-order valence-corrected chi connectivity index (χ4v) is 1.50. The quantitative estimate of drug-likeness (QED) is 0.505. The Morgan fingerprint density at radius 2 is 2.31 bits per heavy atom. The molecule has 0 aliphatic carbocycles. The van der Waals surface area contributed by atoms with Gasteiger partial charge in [0, 0.05) is 40.3 Å². The van der Waals surface area contributed by atoms with Gasteiger partial charge in [-0.3, -0.25) is 4.79 Å². The lowest BCUT2D eigenvalue weighted by Gasteiger charge is -2.10. The van der Waals surface area contributed by atoms with Crippen LogP contribution < -0.4 is 0 Å². The van der Waals surface area contributed by atoms with Gasteiger partial charge in [0.05, 0.1) is 0 Å². The van der Waals surface area contributed by atoms with Crippen LogP contribution in [0.1, 0.15) is 12.8 Å². The molecule has 1 aliphatic heterocycles. The molecule has 1 rings (SSSR count). The Morgan fingerprint density at radius 3 is 2.75 bits per heavy atom. The molecule has 86 valence electrons. The van der Waals surface area contributed by atoms with Gasteiger partial charge in [0.15, 0.2) is 0 Å². The van der Waals surface area contributed by atoms with Gasteiger partial charge in [0.2, 0.25) is 0 Å². The first-order valence-electron chi connectivity index (χ1n) is 5.16. The number of amidine groups is 1.